The first-order chi connectivity index (χ1) is 14.6. The summed E-state index contributed by atoms with van der Waals surface area (Å²) in [6, 6.07) is 22.8. The summed E-state index contributed by atoms with van der Waals surface area (Å²) in [7, 11) is 0. The Morgan fingerprint density at radius 3 is 2.07 bits per heavy atom. The lowest BCUT2D eigenvalue weighted by Crippen LogP contribution is -2.14. The highest BCUT2D eigenvalue weighted by Gasteiger charge is 2.22. The van der Waals surface area contributed by atoms with E-state index < -0.39 is 0 Å². The maximum absolute atomic E-state index is 13.7. The molecular formula is C28H30ClF. The van der Waals surface area contributed by atoms with Crippen LogP contribution in [0.3, 0.4) is 0 Å². The van der Waals surface area contributed by atoms with Crippen LogP contribution in [0.15, 0.2) is 66.7 Å². The van der Waals surface area contributed by atoms with E-state index >= 15 is 0 Å². The quantitative estimate of drug-likeness (QED) is 0.374. The van der Waals surface area contributed by atoms with E-state index in [0.717, 1.165) is 35.8 Å². The van der Waals surface area contributed by atoms with Gasteiger partial charge in [-0.2, -0.15) is 0 Å². The minimum atomic E-state index is -0.366. The molecule has 0 aliphatic heterocycles. The standard InChI is InChI=1S/C28H30ClF/c1-2-20-5-11-23(12-6-20)24-13-7-21(8-14-24)3-4-22-9-15-25(16-10-22)26-17-18-27(29)28(30)19-26/h5-6,9-12,15-19,21,24H,2-4,7-8,13-14H2,1H3. The molecule has 156 valence electrons. The molecule has 2 heteroatoms. The predicted molar refractivity (Wildman–Crippen MR) is 126 cm³/mol. The van der Waals surface area contributed by atoms with Crippen LogP contribution in [0.25, 0.3) is 11.1 Å². The molecule has 0 saturated heterocycles. The molecule has 1 aliphatic rings. The number of hydrogen-bond donors (Lipinski definition) is 0. The van der Waals surface area contributed by atoms with Gasteiger partial charge in [-0.15, -0.1) is 0 Å². The highest BCUT2D eigenvalue weighted by Crippen LogP contribution is 2.37. The molecule has 0 aromatic heterocycles. The first-order valence-electron chi connectivity index (χ1n) is 11.3. The Kier molecular flexibility index (Phi) is 6.89. The molecule has 1 fully saturated rings. The van der Waals surface area contributed by atoms with Crippen molar-refractivity contribution in [2.24, 2.45) is 5.92 Å². The van der Waals surface area contributed by atoms with Crippen LogP contribution in [0.4, 0.5) is 4.39 Å². The Morgan fingerprint density at radius 2 is 1.43 bits per heavy atom. The molecule has 3 aromatic rings. The van der Waals surface area contributed by atoms with E-state index in [4.69, 9.17) is 11.6 Å². The van der Waals surface area contributed by atoms with Crippen LogP contribution in [-0.2, 0) is 12.8 Å². The molecule has 0 nitrogen and oxygen atoms in total. The Morgan fingerprint density at radius 1 is 0.800 bits per heavy atom. The molecule has 0 heterocycles. The van der Waals surface area contributed by atoms with Crippen LogP contribution in [0, 0.1) is 11.7 Å². The summed E-state index contributed by atoms with van der Waals surface area (Å²) in [6.45, 7) is 2.21. The fourth-order valence-electron chi connectivity index (χ4n) is 4.72. The number of hydrogen-bond acceptors (Lipinski definition) is 0. The molecule has 0 N–H and O–H groups in total. The van der Waals surface area contributed by atoms with Gasteiger partial charge in [0.1, 0.15) is 5.82 Å². The molecule has 4 rings (SSSR count). The zero-order chi connectivity index (χ0) is 20.9. The average Bonchev–Trinajstić information content (AvgIpc) is 2.80. The van der Waals surface area contributed by atoms with Crippen molar-refractivity contribution < 1.29 is 4.39 Å². The number of rotatable bonds is 6. The summed E-state index contributed by atoms with van der Waals surface area (Å²) in [5.74, 6) is 1.21. The highest BCUT2D eigenvalue weighted by atomic mass is 35.5. The van der Waals surface area contributed by atoms with Crippen LogP contribution in [0.5, 0.6) is 0 Å². The summed E-state index contributed by atoms with van der Waals surface area (Å²) >= 11 is 5.79. The Balaban J connectivity index is 1.27. The molecule has 1 saturated carbocycles. The molecule has 0 unspecified atom stereocenters. The van der Waals surface area contributed by atoms with Gasteiger partial charge in [0.05, 0.1) is 5.02 Å². The van der Waals surface area contributed by atoms with Crippen LogP contribution < -0.4 is 0 Å². The minimum Gasteiger partial charge on any atom is -0.205 e. The second kappa shape index (κ2) is 9.79. The van der Waals surface area contributed by atoms with Crippen molar-refractivity contribution in [3.8, 4) is 11.1 Å². The van der Waals surface area contributed by atoms with Crippen LogP contribution in [0.2, 0.25) is 5.02 Å². The summed E-state index contributed by atoms with van der Waals surface area (Å²) < 4.78 is 13.7. The number of benzene rings is 3. The molecule has 0 amide bonds. The van der Waals surface area contributed by atoms with E-state index in [9.17, 15) is 4.39 Å². The van der Waals surface area contributed by atoms with Gasteiger partial charge >= 0.3 is 0 Å². The Hall–Kier alpha value is -2.12. The second-order valence-corrected chi connectivity index (χ2v) is 9.08. The number of aryl methyl sites for hydroxylation is 2. The smallest absolute Gasteiger partial charge is 0.142 e. The van der Waals surface area contributed by atoms with Crippen molar-refractivity contribution in [3.63, 3.8) is 0 Å². The largest absolute Gasteiger partial charge is 0.205 e. The van der Waals surface area contributed by atoms with Crippen molar-refractivity contribution in [1.29, 1.82) is 0 Å². The van der Waals surface area contributed by atoms with E-state index in [1.165, 1.54) is 54.9 Å². The fourth-order valence-corrected chi connectivity index (χ4v) is 4.84. The molecule has 0 spiro atoms. The predicted octanol–water partition coefficient (Wildman–Crippen LogP) is 8.62. The van der Waals surface area contributed by atoms with Gasteiger partial charge in [-0.25, -0.2) is 4.39 Å². The van der Waals surface area contributed by atoms with Gasteiger partial charge in [-0.3, -0.25) is 0 Å². The van der Waals surface area contributed by atoms with Crippen molar-refractivity contribution in [2.75, 3.05) is 0 Å². The SMILES string of the molecule is CCc1ccc(C2CCC(CCc3ccc(-c4ccc(Cl)c(F)c4)cc3)CC2)cc1. The monoisotopic (exact) mass is 420 g/mol. The van der Waals surface area contributed by atoms with Crippen molar-refractivity contribution in [1.82, 2.24) is 0 Å². The summed E-state index contributed by atoms with van der Waals surface area (Å²) in [6.07, 6.45) is 8.80. The third-order valence-corrected chi connectivity index (χ3v) is 7.06. The Labute approximate surface area is 185 Å². The summed E-state index contributed by atoms with van der Waals surface area (Å²) in [4.78, 5) is 0. The van der Waals surface area contributed by atoms with Gasteiger partial charge in [-0.05, 0) is 96.7 Å². The van der Waals surface area contributed by atoms with Gasteiger partial charge in [0.25, 0.3) is 0 Å². The van der Waals surface area contributed by atoms with E-state index in [1.807, 2.05) is 6.07 Å². The van der Waals surface area contributed by atoms with Gasteiger partial charge in [0.15, 0.2) is 0 Å². The van der Waals surface area contributed by atoms with Crippen molar-refractivity contribution in [2.45, 2.75) is 57.8 Å². The maximum Gasteiger partial charge on any atom is 0.142 e. The van der Waals surface area contributed by atoms with Crippen molar-refractivity contribution >= 4 is 11.6 Å². The van der Waals surface area contributed by atoms with Gasteiger partial charge in [0.2, 0.25) is 0 Å². The lowest BCUT2D eigenvalue weighted by molar-refractivity contribution is 0.310. The van der Waals surface area contributed by atoms with Gasteiger partial charge in [0, 0.05) is 0 Å². The lowest BCUT2D eigenvalue weighted by Gasteiger charge is -2.29. The van der Waals surface area contributed by atoms with Crippen molar-refractivity contribution in [3.05, 3.63) is 94.3 Å². The van der Waals surface area contributed by atoms with E-state index in [2.05, 4.69) is 55.5 Å². The molecule has 0 radical (unpaired) electrons. The molecular weight excluding hydrogens is 391 g/mol. The van der Waals surface area contributed by atoms with Gasteiger partial charge < -0.3 is 0 Å². The third-order valence-electron chi connectivity index (χ3n) is 6.75. The zero-order valence-corrected chi connectivity index (χ0v) is 18.5. The van der Waals surface area contributed by atoms with Crippen LogP contribution in [0.1, 0.15) is 61.6 Å². The normalized spacial score (nSPS) is 19.0. The minimum absolute atomic E-state index is 0.170. The molecule has 3 aromatic carbocycles. The topological polar surface area (TPSA) is 0 Å². The molecule has 0 bridgehead atoms. The Bertz CT molecular complexity index is 951. The first kappa shape index (κ1) is 21.1. The van der Waals surface area contributed by atoms with E-state index in [-0.39, 0.29) is 10.8 Å². The maximum atomic E-state index is 13.7. The summed E-state index contributed by atoms with van der Waals surface area (Å²) in [5.41, 5.74) is 6.22. The average molecular weight is 421 g/mol. The second-order valence-electron chi connectivity index (χ2n) is 8.68. The first-order valence-corrected chi connectivity index (χ1v) is 11.6. The molecule has 0 atom stereocenters. The zero-order valence-electron chi connectivity index (χ0n) is 17.7. The van der Waals surface area contributed by atoms with E-state index in [0.29, 0.717) is 0 Å². The van der Waals surface area contributed by atoms with E-state index in [1.54, 1.807) is 6.07 Å². The number of halogens is 2. The highest BCUT2D eigenvalue weighted by molar-refractivity contribution is 6.30. The lowest BCUT2D eigenvalue weighted by atomic mass is 9.77. The van der Waals surface area contributed by atoms with Crippen LogP contribution in [-0.4, -0.2) is 0 Å². The van der Waals surface area contributed by atoms with Crippen LogP contribution >= 0.6 is 11.6 Å². The molecule has 30 heavy (non-hydrogen) atoms. The molecule has 1 aliphatic carbocycles. The summed E-state index contributed by atoms with van der Waals surface area (Å²) in [5, 5.41) is 0.170. The third kappa shape index (κ3) is 5.13. The fraction of sp³-hybridized carbons (Fsp3) is 0.357. The van der Waals surface area contributed by atoms with Gasteiger partial charge in [-0.1, -0.05) is 73.1 Å².